The lowest BCUT2D eigenvalue weighted by Gasteiger charge is -2.15. The topological polar surface area (TPSA) is 67.2 Å². The van der Waals surface area contributed by atoms with Crippen LogP contribution < -0.4 is 10.9 Å². The lowest BCUT2D eigenvalue weighted by atomic mass is 10.2. The molecule has 120 valence electrons. The fourth-order valence-electron chi connectivity index (χ4n) is 2.44. The molecule has 3 rings (SSSR count). The second-order valence-electron chi connectivity index (χ2n) is 5.31. The van der Waals surface area contributed by atoms with Gasteiger partial charge >= 0.3 is 0 Å². The first-order valence-electron chi connectivity index (χ1n) is 7.02. The van der Waals surface area contributed by atoms with E-state index >= 15 is 0 Å². The summed E-state index contributed by atoms with van der Waals surface area (Å²) < 4.78 is 1.19. The van der Waals surface area contributed by atoms with Crippen LogP contribution >= 0.6 is 23.2 Å². The minimum absolute atomic E-state index is 0.00250. The third-order valence-electron chi connectivity index (χ3n) is 3.75. The molecule has 1 aliphatic heterocycles. The average Bonchev–Trinajstić information content (AvgIpc) is 2.85. The second kappa shape index (κ2) is 6.22. The molecular weight excluding hydrogens is 339 g/mol. The molecule has 1 saturated heterocycles. The monoisotopic (exact) mass is 352 g/mol. The molecule has 23 heavy (non-hydrogen) atoms. The van der Waals surface area contributed by atoms with Crippen molar-refractivity contribution in [1.82, 2.24) is 14.7 Å². The Kier molecular flexibility index (Phi) is 4.28. The zero-order valence-corrected chi connectivity index (χ0v) is 13.8. The van der Waals surface area contributed by atoms with Gasteiger partial charge in [-0.25, -0.2) is 0 Å². The molecule has 0 aliphatic carbocycles. The van der Waals surface area contributed by atoms with Crippen molar-refractivity contribution in [3.8, 4) is 5.69 Å². The molecule has 8 heteroatoms. The summed E-state index contributed by atoms with van der Waals surface area (Å²) in [6.45, 7) is 0.670. The van der Waals surface area contributed by atoms with E-state index in [1.54, 1.807) is 36.2 Å². The maximum atomic E-state index is 12.4. The predicted octanol–water partition coefficient (Wildman–Crippen LogP) is 2.18. The van der Waals surface area contributed by atoms with Crippen molar-refractivity contribution in [1.29, 1.82) is 0 Å². The fourth-order valence-corrected chi connectivity index (χ4v) is 2.75. The molecule has 1 amide bonds. The van der Waals surface area contributed by atoms with E-state index in [1.807, 2.05) is 0 Å². The molecule has 1 unspecified atom stereocenters. The first-order chi connectivity index (χ1) is 11.0. The summed E-state index contributed by atoms with van der Waals surface area (Å²) in [5.74, 6) is -0.0250. The number of likely N-dealkylation sites (tertiary alicyclic amines) is 1. The van der Waals surface area contributed by atoms with Crippen LogP contribution in [0.1, 0.15) is 6.42 Å². The SMILES string of the molecule is CN1CCC(Nc2cnn(-c3ccc(Cl)cc3)c(=O)c2Cl)C1=O. The van der Waals surface area contributed by atoms with Crippen LogP contribution in [0.25, 0.3) is 5.69 Å². The Morgan fingerprint density at radius 2 is 1.91 bits per heavy atom. The first kappa shape index (κ1) is 15.8. The largest absolute Gasteiger partial charge is 0.371 e. The predicted molar refractivity (Wildman–Crippen MR) is 89.5 cm³/mol. The van der Waals surface area contributed by atoms with E-state index < -0.39 is 5.56 Å². The highest BCUT2D eigenvalue weighted by molar-refractivity contribution is 6.33. The number of anilines is 1. The second-order valence-corrected chi connectivity index (χ2v) is 6.13. The molecule has 1 aromatic carbocycles. The van der Waals surface area contributed by atoms with Crippen LogP contribution in [-0.2, 0) is 4.79 Å². The maximum absolute atomic E-state index is 12.4. The fraction of sp³-hybridized carbons (Fsp3) is 0.267. The van der Waals surface area contributed by atoms with Crippen LogP contribution in [0.2, 0.25) is 10.0 Å². The molecule has 6 nitrogen and oxygen atoms in total. The van der Waals surface area contributed by atoms with Crippen molar-refractivity contribution >= 4 is 34.8 Å². The van der Waals surface area contributed by atoms with Crippen molar-refractivity contribution in [2.75, 3.05) is 18.9 Å². The van der Waals surface area contributed by atoms with Crippen molar-refractivity contribution in [2.45, 2.75) is 12.5 Å². The van der Waals surface area contributed by atoms with E-state index in [-0.39, 0.29) is 17.0 Å². The number of hydrogen-bond acceptors (Lipinski definition) is 4. The molecule has 0 saturated carbocycles. The van der Waals surface area contributed by atoms with Crippen molar-refractivity contribution in [3.05, 3.63) is 50.9 Å². The molecule has 1 N–H and O–H groups in total. The van der Waals surface area contributed by atoms with Gasteiger partial charge in [0.25, 0.3) is 5.56 Å². The molecule has 0 bridgehead atoms. The lowest BCUT2D eigenvalue weighted by Crippen LogP contribution is -2.32. The molecule has 1 aliphatic rings. The molecule has 0 radical (unpaired) electrons. The van der Waals surface area contributed by atoms with E-state index in [2.05, 4.69) is 10.4 Å². The normalized spacial score (nSPS) is 17.6. The first-order valence-corrected chi connectivity index (χ1v) is 7.78. The molecular formula is C15H14Cl2N4O2. The summed E-state index contributed by atoms with van der Waals surface area (Å²) in [7, 11) is 1.74. The third-order valence-corrected chi connectivity index (χ3v) is 4.36. The Morgan fingerprint density at radius 1 is 1.22 bits per heavy atom. The van der Waals surface area contributed by atoms with E-state index in [1.165, 1.54) is 10.9 Å². The Hall–Kier alpha value is -2.05. The summed E-state index contributed by atoms with van der Waals surface area (Å²) >= 11 is 12.0. The van der Waals surface area contributed by atoms with Gasteiger partial charge in [0.15, 0.2) is 0 Å². The Balaban J connectivity index is 1.90. The van der Waals surface area contributed by atoms with Gasteiger partial charge in [0, 0.05) is 18.6 Å². The van der Waals surface area contributed by atoms with Gasteiger partial charge in [-0.15, -0.1) is 0 Å². The quantitative estimate of drug-likeness (QED) is 0.919. The number of carbonyl (C=O) groups excluding carboxylic acids is 1. The van der Waals surface area contributed by atoms with Crippen LogP contribution in [0.15, 0.2) is 35.3 Å². The Morgan fingerprint density at radius 3 is 2.52 bits per heavy atom. The zero-order chi connectivity index (χ0) is 16.6. The summed E-state index contributed by atoms with van der Waals surface area (Å²) in [5, 5.41) is 7.67. The molecule has 0 spiro atoms. The highest BCUT2D eigenvalue weighted by Gasteiger charge is 2.29. The van der Waals surface area contributed by atoms with Gasteiger partial charge in [-0.1, -0.05) is 23.2 Å². The van der Waals surface area contributed by atoms with Crippen molar-refractivity contribution in [3.63, 3.8) is 0 Å². The molecule has 1 aromatic heterocycles. The smallest absolute Gasteiger partial charge is 0.292 e. The molecule has 1 atom stereocenters. The third kappa shape index (κ3) is 3.04. The number of rotatable bonds is 3. The Bertz CT molecular complexity index is 804. The van der Waals surface area contributed by atoms with Crippen LogP contribution in [-0.4, -0.2) is 40.2 Å². The van der Waals surface area contributed by atoms with Gasteiger partial charge < -0.3 is 10.2 Å². The van der Waals surface area contributed by atoms with Crippen LogP contribution in [0.4, 0.5) is 5.69 Å². The maximum Gasteiger partial charge on any atom is 0.292 e. The summed E-state index contributed by atoms with van der Waals surface area (Å²) in [4.78, 5) is 26.0. The number of halogens is 2. The number of carbonyl (C=O) groups is 1. The number of aromatic nitrogens is 2. The van der Waals surface area contributed by atoms with E-state index in [9.17, 15) is 9.59 Å². The van der Waals surface area contributed by atoms with Gasteiger partial charge in [0.05, 0.1) is 17.6 Å². The van der Waals surface area contributed by atoms with Gasteiger partial charge in [0.2, 0.25) is 5.91 Å². The molecule has 1 fully saturated rings. The molecule has 2 aromatic rings. The van der Waals surface area contributed by atoms with E-state index in [0.29, 0.717) is 29.4 Å². The minimum atomic E-state index is -0.460. The molecule has 2 heterocycles. The van der Waals surface area contributed by atoms with E-state index in [0.717, 1.165) is 0 Å². The number of nitrogens with zero attached hydrogens (tertiary/aromatic N) is 3. The van der Waals surface area contributed by atoms with Crippen molar-refractivity contribution < 1.29 is 4.79 Å². The van der Waals surface area contributed by atoms with Gasteiger partial charge in [-0.3, -0.25) is 9.59 Å². The lowest BCUT2D eigenvalue weighted by molar-refractivity contribution is -0.127. The standard InChI is InChI=1S/C15H14Cl2N4O2/c1-20-7-6-11(14(20)22)19-12-8-18-21(15(23)13(12)17)10-4-2-9(16)3-5-10/h2-5,8,11,19H,6-7H2,1H3. The van der Waals surface area contributed by atoms with E-state index in [4.69, 9.17) is 23.2 Å². The minimum Gasteiger partial charge on any atom is -0.371 e. The zero-order valence-electron chi connectivity index (χ0n) is 12.3. The Labute approximate surface area is 142 Å². The van der Waals surface area contributed by atoms with Crippen LogP contribution in [0.5, 0.6) is 0 Å². The van der Waals surface area contributed by atoms with Crippen LogP contribution in [0.3, 0.4) is 0 Å². The van der Waals surface area contributed by atoms with Gasteiger partial charge in [-0.2, -0.15) is 9.78 Å². The van der Waals surface area contributed by atoms with Gasteiger partial charge in [0.1, 0.15) is 11.1 Å². The number of amides is 1. The highest BCUT2D eigenvalue weighted by Crippen LogP contribution is 2.21. The number of nitrogens with one attached hydrogen (secondary N) is 1. The van der Waals surface area contributed by atoms with Crippen molar-refractivity contribution in [2.24, 2.45) is 0 Å². The summed E-state index contributed by atoms with van der Waals surface area (Å²) in [5.41, 5.74) is 0.456. The number of hydrogen-bond donors (Lipinski definition) is 1. The summed E-state index contributed by atoms with van der Waals surface area (Å²) in [6, 6.07) is 6.30. The number of benzene rings is 1. The average molecular weight is 353 g/mol. The van der Waals surface area contributed by atoms with Crippen LogP contribution in [0, 0.1) is 0 Å². The van der Waals surface area contributed by atoms with Gasteiger partial charge in [-0.05, 0) is 30.7 Å². The number of likely N-dealkylation sites (N-methyl/N-ethyl adjacent to an activating group) is 1. The summed E-state index contributed by atoms with van der Waals surface area (Å²) in [6.07, 6.45) is 2.11. The highest BCUT2D eigenvalue weighted by atomic mass is 35.5.